The van der Waals surface area contributed by atoms with Crippen molar-refractivity contribution in [1.82, 2.24) is 4.90 Å². The van der Waals surface area contributed by atoms with Crippen molar-refractivity contribution in [2.24, 2.45) is 0 Å². The number of morpholine rings is 1. The van der Waals surface area contributed by atoms with E-state index in [4.69, 9.17) is 4.74 Å². The first-order valence-corrected chi connectivity index (χ1v) is 9.23. The number of thioether (sulfide) groups is 1. The molecule has 2 aromatic carbocycles. The maximum absolute atomic E-state index is 5.76. The van der Waals surface area contributed by atoms with E-state index in [0.29, 0.717) is 11.3 Å². The summed E-state index contributed by atoms with van der Waals surface area (Å²) in [4.78, 5) is 3.93. The van der Waals surface area contributed by atoms with Crippen LogP contribution in [0.25, 0.3) is 0 Å². The molecule has 2 aromatic rings. The van der Waals surface area contributed by atoms with Crippen LogP contribution in [-0.4, -0.2) is 30.0 Å². The van der Waals surface area contributed by atoms with E-state index in [1.807, 2.05) is 11.8 Å². The van der Waals surface area contributed by atoms with Crippen LogP contribution in [0, 0.1) is 0 Å². The van der Waals surface area contributed by atoms with Gasteiger partial charge < -0.3 is 4.74 Å². The van der Waals surface area contributed by atoms with Gasteiger partial charge in [0.1, 0.15) is 0 Å². The zero-order chi connectivity index (χ0) is 16.1. The summed E-state index contributed by atoms with van der Waals surface area (Å²) in [6.07, 6.45) is 0. The molecule has 122 valence electrons. The van der Waals surface area contributed by atoms with E-state index >= 15 is 0 Å². The summed E-state index contributed by atoms with van der Waals surface area (Å²) in [5.74, 6) is 0.547. The Morgan fingerprint density at radius 2 is 1.83 bits per heavy atom. The van der Waals surface area contributed by atoms with Gasteiger partial charge in [-0.05, 0) is 23.1 Å². The zero-order valence-electron chi connectivity index (χ0n) is 13.9. The van der Waals surface area contributed by atoms with Crippen molar-refractivity contribution in [2.45, 2.75) is 36.6 Å². The molecule has 0 spiro atoms. The van der Waals surface area contributed by atoms with Crippen molar-refractivity contribution in [2.75, 3.05) is 19.8 Å². The molecule has 1 atom stereocenters. The summed E-state index contributed by atoms with van der Waals surface area (Å²) < 4.78 is 5.76. The predicted molar refractivity (Wildman–Crippen MR) is 97.8 cm³/mol. The van der Waals surface area contributed by atoms with E-state index in [0.717, 1.165) is 26.3 Å². The molecule has 0 amide bonds. The van der Waals surface area contributed by atoms with E-state index in [1.54, 1.807) is 0 Å². The third kappa shape index (κ3) is 4.37. The fourth-order valence-corrected chi connectivity index (χ4v) is 4.32. The maximum Gasteiger partial charge on any atom is 0.0845 e. The molecular formula is C20H25NOS. The summed E-state index contributed by atoms with van der Waals surface area (Å²) in [6.45, 7) is 8.14. The predicted octanol–water partition coefficient (Wildman–Crippen LogP) is 4.76. The van der Waals surface area contributed by atoms with Gasteiger partial charge in [-0.3, -0.25) is 4.90 Å². The quantitative estimate of drug-likeness (QED) is 0.785. The SMILES string of the molecule is CC(C)c1ccccc1S[C@H]1COCCN1Cc1ccccc1. The largest absolute Gasteiger partial charge is 0.378 e. The highest BCUT2D eigenvalue weighted by Gasteiger charge is 2.25. The Morgan fingerprint density at radius 3 is 2.61 bits per heavy atom. The molecule has 23 heavy (non-hydrogen) atoms. The van der Waals surface area contributed by atoms with Crippen molar-refractivity contribution in [3.8, 4) is 0 Å². The molecular weight excluding hydrogens is 302 g/mol. The highest BCUT2D eigenvalue weighted by atomic mass is 32.2. The standard InChI is InChI=1S/C20H25NOS/c1-16(2)18-10-6-7-11-19(18)23-20-15-22-13-12-21(20)14-17-8-4-3-5-9-17/h3-11,16,20H,12-15H2,1-2H3/t20-/m0/s1. The van der Waals surface area contributed by atoms with Gasteiger partial charge in [-0.1, -0.05) is 62.4 Å². The van der Waals surface area contributed by atoms with E-state index in [1.165, 1.54) is 16.0 Å². The fourth-order valence-electron chi connectivity index (χ4n) is 2.93. The topological polar surface area (TPSA) is 12.5 Å². The summed E-state index contributed by atoms with van der Waals surface area (Å²) in [5, 5.41) is 0.379. The van der Waals surface area contributed by atoms with E-state index < -0.39 is 0 Å². The lowest BCUT2D eigenvalue weighted by atomic mass is 10.0. The summed E-state index contributed by atoms with van der Waals surface area (Å²) in [7, 11) is 0. The highest BCUT2D eigenvalue weighted by Crippen LogP contribution is 2.34. The zero-order valence-corrected chi connectivity index (χ0v) is 14.8. The molecule has 1 aliphatic heterocycles. The third-order valence-electron chi connectivity index (χ3n) is 4.22. The number of hydrogen-bond donors (Lipinski definition) is 0. The van der Waals surface area contributed by atoms with Gasteiger partial charge >= 0.3 is 0 Å². The average Bonchev–Trinajstić information content (AvgIpc) is 2.58. The molecule has 3 rings (SSSR count). The Hall–Kier alpha value is -1.29. The van der Waals surface area contributed by atoms with Crippen LogP contribution in [0.5, 0.6) is 0 Å². The Labute approximate surface area is 143 Å². The van der Waals surface area contributed by atoms with Gasteiger partial charge in [0.2, 0.25) is 0 Å². The number of rotatable bonds is 5. The lowest BCUT2D eigenvalue weighted by Crippen LogP contribution is -2.42. The Kier molecular flexibility index (Phi) is 5.76. The fraction of sp³-hybridized carbons (Fsp3) is 0.400. The average molecular weight is 327 g/mol. The van der Waals surface area contributed by atoms with Gasteiger partial charge in [0.05, 0.1) is 18.6 Å². The Bertz CT molecular complexity index is 614. The van der Waals surface area contributed by atoms with Crippen LogP contribution in [-0.2, 0) is 11.3 Å². The van der Waals surface area contributed by atoms with Gasteiger partial charge in [-0.15, -0.1) is 11.8 Å². The molecule has 1 heterocycles. The number of nitrogens with zero attached hydrogens (tertiary/aromatic N) is 1. The molecule has 1 saturated heterocycles. The molecule has 0 saturated carbocycles. The highest BCUT2D eigenvalue weighted by molar-refractivity contribution is 8.00. The Balaban J connectivity index is 1.74. The molecule has 0 aromatic heterocycles. The van der Waals surface area contributed by atoms with Gasteiger partial charge in [-0.25, -0.2) is 0 Å². The van der Waals surface area contributed by atoms with Gasteiger partial charge in [0, 0.05) is 18.0 Å². The van der Waals surface area contributed by atoms with Crippen LogP contribution in [0.15, 0.2) is 59.5 Å². The summed E-state index contributed by atoms with van der Waals surface area (Å²) in [5.41, 5.74) is 2.81. The summed E-state index contributed by atoms with van der Waals surface area (Å²) in [6, 6.07) is 19.5. The van der Waals surface area contributed by atoms with Crippen LogP contribution in [0.3, 0.4) is 0 Å². The van der Waals surface area contributed by atoms with Crippen molar-refractivity contribution >= 4 is 11.8 Å². The molecule has 1 aliphatic rings. The molecule has 0 radical (unpaired) electrons. The van der Waals surface area contributed by atoms with Gasteiger partial charge in [0.25, 0.3) is 0 Å². The molecule has 0 bridgehead atoms. The molecule has 0 unspecified atom stereocenters. The van der Waals surface area contributed by atoms with Crippen LogP contribution in [0.2, 0.25) is 0 Å². The van der Waals surface area contributed by atoms with Crippen molar-refractivity contribution < 1.29 is 4.74 Å². The first-order valence-electron chi connectivity index (χ1n) is 8.35. The summed E-state index contributed by atoms with van der Waals surface area (Å²) >= 11 is 1.95. The minimum Gasteiger partial charge on any atom is -0.378 e. The van der Waals surface area contributed by atoms with Gasteiger partial charge in [0.15, 0.2) is 0 Å². The van der Waals surface area contributed by atoms with Gasteiger partial charge in [-0.2, -0.15) is 0 Å². The van der Waals surface area contributed by atoms with Crippen molar-refractivity contribution in [3.05, 3.63) is 65.7 Å². The molecule has 1 fully saturated rings. The van der Waals surface area contributed by atoms with E-state index in [9.17, 15) is 0 Å². The smallest absolute Gasteiger partial charge is 0.0845 e. The first-order chi connectivity index (χ1) is 11.2. The molecule has 3 heteroatoms. The number of benzene rings is 2. The van der Waals surface area contributed by atoms with Crippen LogP contribution in [0.4, 0.5) is 0 Å². The van der Waals surface area contributed by atoms with E-state index in [-0.39, 0.29) is 0 Å². The third-order valence-corrected chi connectivity index (χ3v) is 5.56. The van der Waals surface area contributed by atoms with Crippen LogP contribution < -0.4 is 0 Å². The van der Waals surface area contributed by atoms with Crippen LogP contribution >= 0.6 is 11.8 Å². The number of hydrogen-bond acceptors (Lipinski definition) is 3. The van der Waals surface area contributed by atoms with E-state index in [2.05, 4.69) is 73.3 Å². The first kappa shape index (κ1) is 16.6. The lowest BCUT2D eigenvalue weighted by molar-refractivity contribution is 0.0210. The molecule has 0 N–H and O–H groups in total. The minimum atomic E-state index is 0.379. The second-order valence-electron chi connectivity index (χ2n) is 6.30. The molecule has 0 aliphatic carbocycles. The normalized spacial score (nSPS) is 19.2. The lowest BCUT2D eigenvalue weighted by Gasteiger charge is -2.35. The molecule has 2 nitrogen and oxygen atoms in total. The Morgan fingerprint density at radius 1 is 1.09 bits per heavy atom. The second-order valence-corrected chi connectivity index (χ2v) is 7.52. The van der Waals surface area contributed by atoms with Crippen LogP contribution in [0.1, 0.15) is 30.9 Å². The maximum atomic E-state index is 5.76. The van der Waals surface area contributed by atoms with Crippen molar-refractivity contribution in [3.63, 3.8) is 0 Å². The monoisotopic (exact) mass is 327 g/mol. The number of ether oxygens (including phenoxy) is 1. The van der Waals surface area contributed by atoms with Crippen molar-refractivity contribution in [1.29, 1.82) is 0 Å². The minimum absolute atomic E-state index is 0.379. The second kappa shape index (κ2) is 8.00.